The maximum absolute atomic E-state index is 14.2. The zero-order valence-electron chi connectivity index (χ0n) is 23.3. The quantitative estimate of drug-likeness (QED) is 0.164. The number of hydrogen-bond donors (Lipinski definition) is 2. The Kier molecular flexibility index (Phi) is 9.44. The molecular formula is C35H26F6O3. The van der Waals surface area contributed by atoms with Crippen molar-refractivity contribution in [2.24, 2.45) is 0 Å². The van der Waals surface area contributed by atoms with Crippen molar-refractivity contribution in [1.82, 2.24) is 0 Å². The van der Waals surface area contributed by atoms with E-state index in [-0.39, 0.29) is 18.6 Å². The SMILES string of the molecule is CC#CC(O)(c1cccc(-c2ccccc2CCC#CC(O)(c2cccc(Oc3ccccc3)c2)C(F)(F)F)c1)C(F)(F)F. The second kappa shape index (κ2) is 12.9. The van der Waals surface area contributed by atoms with Crippen molar-refractivity contribution in [3.05, 3.63) is 120 Å². The van der Waals surface area contributed by atoms with E-state index in [9.17, 15) is 36.6 Å². The van der Waals surface area contributed by atoms with E-state index >= 15 is 0 Å². The van der Waals surface area contributed by atoms with Crippen LogP contribution in [0.2, 0.25) is 0 Å². The summed E-state index contributed by atoms with van der Waals surface area (Å²) in [5, 5.41) is 21.2. The molecule has 0 radical (unpaired) electrons. The highest BCUT2D eigenvalue weighted by Crippen LogP contribution is 2.41. The topological polar surface area (TPSA) is 49.7 Å². The lowest BCUT2D eigenvalue weighted by Gasteiger charge is -2.26. The molecule has 2 atom stereocenters. The fourth-order valence-electron chi connectivity index (χ4n) is 4.52. The molecule has 0 bridgehead atoms. The highest BCUT2D eigenvalue weighted by Gasteiger charge is 2.55. The maximum atomic E-state index is 14.2. The van der Waals surface area contributed by atoms with E-state index in [1.54, 1.807) is 60.7 Å². The second-order valence-electron chi connectivity index (χ2n) is 9.77. The number of ether oxygens (including phenoxy) is 1. The lowest BCUT2D eigenvalue weighted by Crippen LogP contribution is -2.41. The van der Waals surface area contributed by atoms with Crippen molar-refractivity contribution in [3.8, 4) is 46.3 Å². The molecule has 226 valence electrons. The van der Waals surface area contributed by atoms with Crippen molar-refractivity contribution >= 4 is 0 Å². The van der Waals surface area contributed by atoms with Gasteiger partial charge in [0.2, 0.25) is 11.2 Å². The van der Waals surface area contributed by atoms with E-state index in [1.807, 2.05) is 11.8 Å². The van der Waals surface area contributed by atoms with E-state index in [2.05, 4.69) is 11.8 Å². The molecule has 2 N–H and O–H groups in total. The molecule has 0 fully saturated rings. The first-order chi connectivity index (χ1) is 20.8. The van der Waals surface area contributed by atoms with E-state index in [0.717, 1.165) is 18.2 Å². The van der Waals surface area contributed by atoms with Gasteiger partial charge >= 0.3 is 12.4 Å². The molecule has 3 nitrogen and oxygen atoms in total. The van der Waals surface area contributed by atoms with Gasteiger partial charge in [-0.3, -0.25) is 0 Å². The van der Waals surface area contributed by atoms with Gasteiger partial charge in [0.15, 0.2) is 0 Å². The van der Waals surface area contributed by atoms with Gasteiger partial charge in [-0.15, -0.1) is 5.92 Å². The molecule has 0 aliphatic carbocycles. The molecule has 2 unspecified atom stereocenters. The van der Waals surface area contributed by atoms with Gasteiger partial charge in [-0.25, -0.2) is 0 Å². The average molecular weight is 609 g/mol. The molecule has 0 aromatic heterocycles. The Morgan fingerprint density at radius 1 is 0.636 bits per heavy atom. The summed E-state index contributed by atoms with van der Waals surface area (Å²) >= 11 is 0. The molecule has 0 aliphatic rings. The molecule has 44 heavy (non-hydrogen) atoms. The van der Waals surface area contributed by atoms with Crippen LogP contribution in [0.3, 0.4) is 0 Å². The van der Waals surface area contributed by atoms with Gasteiger partial charge in [0.25, 0.3) is 0 Å². The van der Waals surface area contributed by atoms with Gasteiger partial charge in [-0.1, -0.05) is 90.6 Å². The Bertz CT molecular complexity index is 1720. The van der Waals surface area contributed by atoms with Crippen LogP contribution < -0.4 is 4.74 Å². The molecule has 0 saturated heterocycles. The van der Waals surface area contributed by atoms with Gasteiger partial charge in [0.05, 0.1) is 0 Å². The van der Waals surface area contributed by atoms with Crippen LogP contribution >= 0.6 is 0 Å². The van der Waals surface area contributed by atoms with Crippen LogP contribution in [0.4, 0.5) is 26.3 Å². The van der Waals surface area contributed by atoms with Crippen LogP contribution in [0.5, 0.6) is 11.5 Å². The molecule has 4 rings (SSSR count). The molecule has 0 aliphatic heterocycles. The average Bonchev–Trinajstić information content (AvgIpc) is 2.99. The summed E-state index contributed by atoms with van der Waals surface area (Å²) in [4.78, 5) is 0. The third-order valence-corrected chi connectivity index (χ3v) is 6.75. The number of benzene rings is 4. The summed E-state index contributed by atoms with van der Waals surface area (Å²) in [6.07, 6.45) is -10.2. The van der Waals surface area contributed by atoms with Crippen molar-refractivity contribution in [2.45, 2.75) is 43.3 Å². The molecule has 0 saturated carbocycles. The Morgan fingerprint density at radius 3 is 1.86 bits per heavy atom. The van der Waals surface area contributed by atoms with Gasteiger partial charge in [-0.05, 0) is 60.4 Å². The number of alkyl halides is 6. The zero-order valence-corrected chi connectivity index (χ0v) is 23.3. The summed E-state index contributed by atoms with van der Waals surface area (Å²) in [6, 6.07) is 25.2. The smallest absolute Gasteiger partial charge is 0.433 e. The highest BCUT2D eigenvalue weighted by atomic mass is 19.4. The second-order valence-corrected chi connectivity index (χ2v) is 9.77. The molecule has 0 amide bonds. The van der Waals surface area contributed by atoms with Crippen molar-refractivity contribution in [3.63, 3.8) is 0 Å². The number of rotatable bonds is 7. The summed E-state index contributed by atoms with van der Waals surface area (Å²) in [7, 11) is 0. The minimum absolute atomic E-state index is 0.0803. The summed E-state index contributed by atoms with van der Waals surface area (Å²) in [6.45, 7) is 1.19. The number of para-hydroxylation sites is 1. The Morgan fingerprint density at radius 2 is 1.20 bits per heavy atom. The Hall–Kier alpha value is -4.70. The first-order valence-electron chi connectivity index (χ1n) is 13.3. The lowest BCUT2D eigenvalue weighted by molar-refractivity contribution is -0.241. The predicted octanol–water partition coefficient (Wildman–Crippen LogP) is 8.31. The van der Waals surface area contributed by atoms with Gasteiger partial charge in [0.1, 0.15) is 11.5 Å². The minimum Gasteiger partial charge on any atom is -0.457 e. The van der Waals surface area contributed by atoms with Crippen LogP contribution in [-0.4, -0.2) is 22.6 Å². The fraction of sp³-hybridized carbons (Fsp3) is 0.200. The number of aryl methyl sites for hydroxylation is 1. The van der Waals surface area contributed by atoms with Gasteiger partial charge < -0.3 is 14.9 Å². The molecule has 9 heteroatoms. The van der Waals surface area contributed by atoms with Crippen molar-refractivity contribution in [1.29, 1.82) is 0 Å². The van der Waals surface area contributed by atoms with E-state index in [1.165, 1.54) is 31.2 Å². The summed E-state index contributed by atoms with van der Waals surface area (Å²) in [5.41, 5.74) is -6.43. The van der Waals surface area contributed by atoms with Crippen LogP contribution in [0.1, 0.15) is 30.0 Å². The van der Waals surface area contributed by atoms with E-state index in [0.29, 0.717) is 22.4 Å². The third-order valence-electron chi connectivity index (χ3n) is 6.75. The molecule has 4 aromatic rings. The third kappa shape index (κ3) is 6.92. The first kappa shape index (κ1) is 32.2. The fourth-order valence-corrected chi connectivity index (χ4v) is 4.52. The lowest BCUT2D eigenvalue weighted by atomic mass is 9.89. The standard InChI is InChI=1S/C35H26F6O3/c1-2-21-32(42,34(36,37)38)27-15-10-14-26(23-27)31-20-7-6-12-25(31)13-8-9-22-33(43,35(39,40)41)28-16-11-19-30(24-28)44-29-17-4-3-5-18-29/h3-7,10-12,14-20,23-24,42-43H,8,13H2,1H3. The highest BCUT2D eigenvalue weighted by molar-refractivity contribution is 5.68. The molecule has 0 heterocycles. The first-order valence-corrected chi connectivity index (χ1v) is 13.3. The van der Waals surface area contributed by atoms with E-state index in [4.69, 9.17) is 4.74 Å². The van der Waals surface area contributed by atoms with E-state index < -0.39 is 34.7 Å². The number of hydrogen-bond acceptors (Lipinski definition) is 3. The summed E-state index contributed by atoms with van der Waals surface area (Å²) in [5.74, 6) is 8.86. The Labute approximate surface area is 250 Å². The number of halogens is 6. The largest absolute Gasteiger partial charge is 0.457 e. The molecular weight excluding hydrogens is 582 g/mol. The normalized spacial score (nSPS) is 14.2. The van der Waals surface area contributed by atoms with Crippen LogP contribution in [-0.2, 0) is 17.6 Å². The van der Waals surface area contributed by atoms with Crippen LogP contribution in [0.25, 0.3) is 11.1 Å². The Balaban J connectivity index is 1.60. The molecule has 0 spiro atoms. The van der Waals surface area contributed by atoms with Gasteiger partial charge in [0, 0.05) is 17.5 Å². The van der Waals surface area contributed by atoms with Crippen LogP contribution in [0.15, 0.2) is 103 Å². The predicted molar refractivity (Wildman–Crippen MR) is 154 cm³/mol. The summed E-state index contributed by atoms with van der Waals surface area (Å²) < 4.78 is 89.3. The number of aliphatic hydroxyl groups is 2. The van der Waals surface area contributed by atoms with Crippen molar-refractivity contribution < 1.29 is 41.3 Å². The minimum atomic E-state index is -5.14. The monoisotopic (exact) mass is 608 g/mol. The maximum Gasteiger partial charge on any atom is 0.433 e. The molecule has 4 aromatic carbocycles. The zero-order chi connectivity index (χ0) is 32.0. The van der Waals surface area contributed by atoms with Crippen molar-refractivity contribution in [2.75, 3.05) is 0 Å². The van der Waals surface area contributed by atoms with Crippen LogP contribution in [0, 0.1) is 23.7 Å². The van der Waals surface area contributed by atoms with Gasteiger partial charge in [-0.2, -0.15) is 26.3 Å².